The van der Waals surface area contributed by atoms with Crippen molar-refractivity contribution in [1.29, 1.82) is 0 Å². The Hall–Kier alpha value is -1.85. The minimum absolute atomic E-state index is 0.0651. The number of carboxylic acids is 1. The molecule has 2 fully saturated rings. The number of carbonyl (C=O) groups is 2. The molecule has 6 heteroatoms. The van der Waals surface area contributed by atoms with Crippen LogP contribution in [0, 0.1) is 5.92 Å². The Morgan fingerprint density at radius 3 is 2.57 bits per heavy atom. The van der Waals surface area contributed by atoms with E-state index in [0.717, 1.165) is 25.7 Å². The van der Waals surface area contributed by atoms with Crippen molar-refractivity contribution in [2.45, 2.75) is 70.5 Å². The standard InChI is InChI=1S/C17H25N3O3/c1-17(2,3)19-10-12(9-18-19)15(21)20-13-7-5-4-6-11(13)8-14(20)16(22)23/h9-11,13-14H,4-8H2,1-3H3,(H,22,23). The maximum atomic E-state index is 13.0. The number of aromatic nitrogens is 2. The SMILES string of the molecule is CC(C)(C)n1cc(C(=O)N2C(C(=O)O)CC3CCCCC32)cn1. The number of hydrogen-bond acceptors (Lipinski definition) is 3. The Balaban J connectivity index is 1.89. The predicted octanol–water partition coefficient (Wildman–Crippen LogP) is 2.50. The first-order valence-corrected chi connectivity index (χ1v) is 8.39. The van der Waals surface area contributed by atoms with Gasteiger partial charge in [0.25, 0.3) is 5.91 Å². The minimum atomic E-state index is -0.893. The second-order valence-electron chi connectivity index (χ2n) is 7.76. The zero-order valence-electron chi connectivity index (χ0n) is 14.0. The Bertz CT molecular complexity index is 617. The molecule has 1 aromatic heterocycles. The van der Waals surface area contributed by atoms with Gasteiger partial charge in [0.15, 0.2) is 0 Å². The van der Waals surface area contributed by atoms with Gasteiger partial charge in [-0.1, -0.05) is 12.8 Å². The highest BCUT2D eigenvalue weighted by Crippen LogP contribution is 2.40. The Morgan fingerprint density at radius 2 is 1.96 bits per heavy atom. The second kappa shape index (κ2) is 5.65. The van der Waals surface area contributed by atoms with Gasteiger partial charge < -0.3 is 10.0 Å². The van der Waals surface area contributed by atoms with Crippen LogP contribution in [0.2, 0.25) is 0 Å². The monoisotopic (exact) mass is 319 g/mol. The molecule has 1 aliphatic carbocycles. The van der Waals surface area contributed by atoms with Crippen molar-refractivity contribution >= 4 is 11.9 Å². The van der Waals surface area contributed by atoms with Gasteiger partial charge in [-0.25, -0.2) is 4.79 Å². The molecular weight excluding hydrogens is 294 g/mol. The summed E-state index contributed by atoms with van der Waals surface area (Å²) in [5.41, 5.74) is 0.278. The molecule has 1 N–H and O–H groups in total. The molecule has 6 nitrogen and oxygen atoms in total. The zero-order valence-corrected chi connectivity index (χ0v) is 14.0. The molecule has 3 atom stereocenters. The number of nitrogens with zero attached hydrogens (tertiary/aromatic N) is 3. The fraction of sp³-hybridized carbons (Fsp3) is 0.706. The third-order valence-corrected chi connectivity index (χ3v) is 5.12. The molecule has 23 heavy (non-hydrogen) atoms. The lowest BCUT2D eigenvalue weighted by Crippen LogP contribution is -2.46. The average Bonchev–Trinajstić information content (AvgIpc) is 3.11. The molecule has 0 bridgehead atoms. The van der Waals surface area contributed by atoms with Crippen LogP contribution in [0.3, 0.4) is 0 Å². The molecule has 3 unspecified atom stereocenters. The smallest absolute Gasteiger partial charge is 0.326 e. The number of carbonyl (C=O) groups excluding carboxylic acids is 1. The number of amides is 1. The Kier molecular flexibility index (Phi) is 3.94. The van der Waals surface area contributed by atoms with Crippen molar-refractivity contribution < 1.29 is 14.7 Å². The van der Waals surface area contributed by atoms with Gasteiger partial charge in [-0.2, -0.15) is 5.10 Å². The van der Waals surface area contributed by atoms with Gasteiger partial charge in [-0.15, -0.1) is 0 Å². The van der Waals surface area contributed by atoms with Crippen molar-refractivity contribution in [2.24, 2.45) is 5.92 Å². The highest BCUT2D eigenvalue weighted by molar-refractivity contribution is 5.97. The zero-order chi connectivity index (χ0) is 16.8. The van der Waals surface area contributed by atoms with E-state index < -0.39 is 12.0 Å². The number of carboxylic acid groups (broad SMARTS) is 1. The second-order valence-corrected chi connectivity index (χ2v) is 7.76. The number of hydrogen-bond donors (Lipinski definition) is 1. The van der Waals surface area contributed by atoms with E-state index in [2.05, 4.69) is 5.10 Å². The van der Waals surface area contributed by atoms with Crippen molar-refractivity contribution in [3.8, 4) is 0 Å². The summed E-state index contributed by atoms with van der Waals surface area (Å²) in [5.74, 6) is -0.760. The van der Waals surface area contributed by atoms with E-state index >= 15 is 0 Å². The van der Waals surface area contributed by atoms with Gasteiger partial charge in [-0.3, -0.25) is 9.48 Å². The van der Waals surface area contributed by atoms with Gasteiger partial charge in [0, 0.05) is 12.2 Å². The van der Waals surface area contributed by atoms with Crippen molar-refractivity contribution in [3.05, 3.63) is 18.0 Å². The quantitative estimate of drug-likeness (QED) is 0.908. The molecule has 0 radical (unpaired) electrons. The first-order valence-electron chi connectivity index (χ1n) is 8.39. The van der Waals surface area contributed by atoms with Crippen LogP contribution in [-0.4, -0.2) is 43.7 Å². The summed E-state index contributed by atoms with van der Waals surface area (Å²) < 4.78 is 1.75. The van der Waals surface area contributed by atoms with Gasteiger partial charge in [-0.05, 0) is 46.0 Å². The lowest BCUT2D eigenvalue weighted by molar-refractivity contribution is -0.141. The summed E-state index contributed by atoms with van der Waals surface area (Å²) in [6.07, 6.45) is 8.02. The predicted molar refractivity (Wildman–Crippen MR) is 85.2 cm³/mol. The largest absolute Gasteiger partial charge is 0.480 e. The third kappa shape index (κ3) is 2.86. The normalized spacial score (nSPS) is 27.8. The van der Waals surface area contributed by atoms with E-state index in [1.54, 1.807) is 22.0 Å². The van der Waals surface area contributed by atoms with Gasteiger partial charge >= 0.3 is 5.97 Å². The minimum Gasteiger partial charge on any atom is -0.480 e. The molecule has 1 saturated carbocycles. The summed E-state index contributed by atoms with van der Waals surface area (Å²) in [6, 6.07) is -0.635. The molecule has 1 aliphatic heterocycles. The fourth-order valence-electron chi connectivity index (χ4n) is 3.92. The van der Waals surface area contributed by atoms with Gasteiger partial charge in [0.05, 0.1) is 17.3 Å². The van der Waals surface area contributed by atoms with E-state index in [1.165, 1.54) is 0 Å². The van der Waals surface area contributed by atoms with Crippen LogP contribution in [0.25, 0.3) is 0 Å². The Morgan fingerprint density at radius 1 is 1.26 bits per heavy atom. The van der Waals surface area contributed by atoms with Crippen molar-refractivity contribution in [1.82, 2.24) is 14.7 Å². The molecule has 2 aliphatic rings. The van der Waals surface area contributed by atoms with Crippen LogP contribution in [-0.2, 0) is 10.3 Å². The van der Waals surface area contributed by atoms with Crippen molar-refractivity contribution in [2.75, 3.05) is 0 Å². The summed E-state index contributed by atoms with van der Waals surface area (Å²) >= 11 is 0. The first-order chi connectivity index (χ1) is 10.8. The molecule has 0 aromatic carbocycles. The highest BCUT2D eigenvalue weighted by atomic mass is 16.4. The molecule has 126 valence electrons. The van der Waals surface area contributed by atoms with Crippen LogP contribution in [0.1, 0.15) is 63.2 Å². The molecule has 2 heterocycles. The van der Waals surface area contributed by atoms with Gasteiger partial charge in [0.2, 0.25) is 0 Å². The van der Waals surface area contributed by atoms with Crippen LogP contribution >= 0.6 is 0 Å². The first kappa shape index (κ1) is 16.0. The highest BCUT2D eigenvalue weighted by Gasteiger charge is 2.47. The summed E-state index contributed by atoms with van der Waals surface area (Å²) in [7, 11) is 0. The maximum Gasteiger partial charge on any atom is 0.326 e. The van der Waals surface area contributed by atoms with Crippen LogP contribution in [0.15, 0.2) is 12.4 Å². The van der Waals surface area contributed by atoms with Crippen LogP contribution in [0.4, 0.5) is 0 Å². The summed E-state index contributed by atoms with van der Waals surface area (Å²) in [5, 5.41) is 13.8. The number of fused-ring (bicyclic) bond motifs is 1. The van der Waals surface area contributed by atoms with Gasteiger partial charge in [0.1, 0.15) is 6.04 Å². The van der Waals surface area contributed by atoms with Crippen LogP contribution in [0.5, 0.6) is 0 Å². The van der Waals surface area contributed by atoms with E-state index in [0.29, 0.717) is 17.9 Å². The number of rotatable bonds is 2. The molecule has 1 saturated heterocycles. The topological polar surface area (TPSA) is 75.4 Å². The number of likely N-dealkylation sites (tertiary alicyclic amines) is 1. The maximum absolute atomic E-state index is 13.0. The molecule has 1 aromatic rings. The third-order valence-electron chi connectivity index (χ3n) is 5.12. The summed E-state index contributed by atoms with van der Waals surface area (Å²) in [6.45, 7) is 6.05. The Labute approximate surface area is 136 Å². The van der Waals surface area contributed by atoms with E-state index in [9.17, 15) is 14.7 Å². The van der Waals surface area contributed by atoms with E-state index in [-0.39, 0.29) is 17.5 Å². The average molecular weight is 319 g/mol. The summed E-state index contributed by atoms with van der Waals surface area (Å²) in [4.78, 5) is 26.2. The van der Waals surface area contributed by atoms with Crippen LogP contribution < -0.4 is 0 Å². The van der Waals surface area contributed by atoms with Crippen molar-refractivity contribution in [3.63, 3.8) is 0 Å². The molecule has 0 spiro atoms. The molecule has 1 amide bonds. The number of aliphatic carboxylic acids is 1. The molecule has 3 rings (SSSR count). The van der Waals surface area contributed by atoms with E-state index in [4.69, 9.17) is 0 Å². The molecular formula is C17H25N3O3. The lowest BCUT2D eigenvalue weighted by atomic mass is 9.84. The lowest BCUT2D eigenvalue weighted by Gasteiger charge is -2.32. The fourth-order valence-corrected chi connectivity index (χ4v) is 3.92. The van der Waals surface area contributed by atoms with E-state index in [1.807, 2.05) is 20.8 Å².